The van der Waals surface area contributed by atoms with Crippen molar-refractivity contribution < 1.29 is 0 Å². The Hall–Kier alpha value is -0.730. The highest BCUT2D eigenvalue weighted by Crippen LogP contribution is 1.96. The zero-order valence-corrected chi connectivity index (χ0v) is 7.90. The molecule has 0 saturated heterocycles. The van der Waals surface area contributed by atoms with Crippen LogP contribution in [0.1, 0.15) is 32.6 Å². The molecule has 1 heterocycles. The van der Waals surface area contributed by atoms with Crippen LogP contribution in [0.3, 0.4) is 0 Å². The van der Waals surface area contributed by atoms with Crippen LogP contribution in [0.4, 0.5) is 0 Å². The lowest BCUT2D eigenvalue weighted by Crippen LogP contribution is -2.34. The van der Waals surface area contributed by atoms with Crippen LogP contribution in [-0.2, 0) is 0 Å². The van der Waals surface area contributed by atoms with Gasteiger partial charge in [-0.1, -0.05) is 26.2 Å². The van der Waals surface area contributed by atoms with Gasteiger partial charge in [-0.2, -0.15) is 0 Å². The Balaban J connectivity index is 1.88. The maximum absolute atomic E-state index is 4.25. The molecule has 0 aliphatic carbocycles. The van der Waals surface area contributed by atoms with E-state index < -0.39 is 0 Å². The van der Waals surface area contributed by atoms with E-state index in [0.29, 0.717) is 0 Å². The van der Waals surface area contributed by atoms with Gasteiger partial charge in [-0.15, -0.1) is 0 Å². The van der Waals surface area contributed by atoms with E-state index in [9.17, 15) is 0 Å². The Morgan fingerprint density at radius 3 is 3.00 bits per heavy atom. The van der Waals surface area contributed by atoms with Crippen molar-refractivity contribution in [3.63, 3.8) is 0 Å². The van der Waals surface area contributed by atoms with E-state index in [-0.39, 0.29) is 0 Å². The van der Waals surface area contributed by atoms with Gasteiger partial charge in [0.05, 0.1) is 6.54 Å². The van der Waals surface area contributed by atoms with Gasteiger partial charge in [-0.05, 0) is 6.42 Å². The highest BCUT2D eigenvalue weighted by molar-refractivity contribution is 5.81. The average molecular weight is 169 g/mol. The Bertz CT molecular complexity index is 143. The molecule has 3 heteroatoms. The number of hydrogen-bond donors (Lipinski definition) is 2. The second-order valence-corrected chi connectivity index (χ2v) is 3.14. The predicted molar refractivity (Wildman–Crippen MR) is 52.4 cm³/mol. The highest BCUT2D eigenvalue weighted by Gasteiger charge is 2.01. The van der Waals surface area contributed by atoms with Crippen molar-refractivity contribution in [2.24, 2.45) is 4.99 Å². The highest BCUT2D eigenvalue weighted by atomic mass is 15.2. The minimum Gasteiger partial charge on any atom is -0.356 e. The quantitative estimate of drug-likeness (QED) is 0.605. The van der Waals surface area contributed by atoms with E-state index >= 15 is 0 Å². The van der Waals surface area contributed by atoms with Crippen molar-refractivity contribution in [2.45, 2.75) is 32.6 Å². The molecule has 1 aliphatic heterocycles. The summed E-state index contributed by atoms with van der Waals surface area (Å²) in [6.07, 6.45) is 5.24. The number of aliphatic imine (C=N–C) groups is 1. The molecular weight excluding hydrogens is 150 g/mol. The number of guanidine groups is 1. The van der Waals surface area contributed by atoms with Gasteiger partial charge in [0, 0.05) is 13.1 Å². The van der Waals surface area contributed by atoms with Crippen LogP contribution in [0.2, 0.25) is 0 Å². The summed E-state index contributed by atoms with van der Waals surface area (Å²) in [5.74, 6) is 0.992. The van der Waals surface area contributed by atoms with Crippen LogP contribution in [0.25, 0.3) is 0 Å². The van der Waals surface area contributed by atoms with Crippen molar-refractivity contribution in [1.29, 1.82) is 0 Å². The number of nitrogens with one attached hydrogen (secondary N) is 2. The van der Waals surface area contributed by atoms with Gasteiger partial charge >= 0.3 is 0 Å². The van der Waals surface area contributed by atoms with Gasteiger partial charge in [0.15, 0.2) is 5.96 Å². The van der Waals surface area contributed by atoms with Gasteiger partial charge < -0.3 is 10.6 Å². The van der Waals surface area contributed by atoms with Gasteiger partial charge in [0.25, 0.3) is 0 Å². The minimum absolute atomic E-state index is 0.928. The topological polar surface area (TPSA) is 36.4 Å². The van der Waals surface area contributed by atoms with Crippen LogP contribution in [0.15, 0.2) is 4.99 Å². The summed E-state index contributed by atoms with van der Waals surface area (Å²) in [5.41, 5.74) is 0. The smallest absolute Gasteiger partial charge is 0.191 e. The fourth-order valence-electron chi connectivity index (χ4n) is 1.27. The SMILES string of the molecule is CCCCCCNC1=NCCN1. The first-order chi connectivity index (χ1) is 5.93. The summed E-state index contributed by atoms with van der Waals surface area (Å²) in [6.45, 7) is 5.22. The van der Waals surface area contributed by atoms with Crippen molar-refractivity contribution in [3.8, 4) is 0 Å². The lowest BCUT2D eigenvalue weighted by atomic mass is 10.2. The first kappa shape index (κ1) is 9.36. The fourth-order valence-corrected chi connectivity index (χ4v) is 1.27. The molecule has 0 bridgehead atoms. The lowest BCUT2D eigenvalue weighted by Gasteiger charge is -2.05. The molecule has 0 aromatic rings. The molecule has 2 N–H and O–H groups in total. The number of hydrogen-bond acceptors (Lipinski definition) is 3. The van der Waals surface area contributed by atoms with E-state index in [1.165, 1.54) is 25.7 Å². The normalized spacial score (nSPS) is 15.6. The number of nitrogens with zero attached hydrogens (tertiary/aromatic N) is 1. The first-order valence-electron chi connectivity index (χ1n) is 4.95. The van der Waals surface area contributed by atoms with E-state index in [1.54, 1.807) is 0 Å². The number of rotatable bonds is 5. The summed E-state index contributed by atoms with van der Waals surface area (Å²) in [5, 5.41) is 6.47. The molecule has 0 atom stereocenters. The molecule has 3 nitrogen and oxygen atoms in total. The third-order valence-electron chi connectivity index (χ3n) is 2.00. The van der Waals surface area contributed by atoms with Crippen molar-refractivity contribution in [1.82, 2.24) is 10.6 Å². The van der Waals surface area contributed by atoms with Crippen molar-refractivity contribution in [3.05, 3.63) is 0 Å². The average Bonchev–Trinajstić information content (AvgIpc) is 2.57. The van der Waals surface area contributed by atoms with Crippen LogP contribution in [0, 0.1) is 0 Å². The third-order valence-corrected chi connectivity index (χ3v) is 2.00. The summed E-state index contributed by atoms with van der Waals surface area (Å²) in [7, 11) is 0. The summed E-state index contributed by atoms with van der Waals surface area (Å²) in [4.78, 5) is 4.25. The van der Waals surface area contributed by atoms with Crippen molar-refractivity contribution in [2.75, 3.05) is 19.6 Å². The molecule has 12 heavy (non-hydrogen) atoms. The van der Waals surface area contributed by atoms with Crippen molar-refractivity contribution >= 4 is 5.96 Å². The second kappa shape index (κ2) is 5.86. The Kier molecular flexibility index (Phi) is 4.57. The van der Waals surface area contributed by atoms with E-state index in [2.05, 4.69) is 22.5 Å². The van der Waals surface area contributed by atoms with Crippen LogP contribution in [0.5, 0.6) is 0 Å². The molecule has 0 aromatic heterocycles. The maximum Gasteiger partial charge on any atom is 0.191 e. The monoisotopic (exact) mass is 169 g/mol. The maximum atomic E-state index is 4.25. The molecule has 0 amide bonds. The van der Waals surface area contributed by atoms with Gasteiger partial charge in [0.1, 0.15) is 0 Å². The fraction of sp³-hybridized carbons (Fsp3) is 0.889. The molecule has 0 fully saturated rings. The Morgan fingerprint density at radius 2 is 2.33 bits per heavy atom. The standard InChI is InChI=1S/C9H19N3/c1-2-3-4-5-6-10-9-11-7-8-12-9/h2-8H2,1H3,(H2,10,11,12). The predicted octanol–water partition coefficient (Wildman–Crippen LogP) is 1.12. The largest absolute Gasteiger partial charge is 0.356 e. The summed E-state index contributed by atoms with van der Waals surface area (Å²) >= 11 is 0. The van der Waals surface area contributed by atoms with Gasteiger partial charge in [-0.3, -0.25) is 4.99 Å². The Labute approximate surface area is 74.6 Å². The molecule has 0 spiro atoms. The molecule has 1 rings (SSSR count). The summed E-state index contributed by atoms with van der Waals surface area (Å²) in [6, 6.07) is 0. The zero-order chi connectivity index (χ0) is 8.65. The van der Waals surface area contributed by atoms with E-state index in [4.69, 9.17) is 0 Å². The molecular formula is C9H19N3. The molecule has 70 valence electrons. The number of unbranched alkanes of at least 4 members (excludes halogenated alkanes) is 3. The molecule has 1 aliphatic rings. The van der Waals surface area contributed by atoms with Gasteiger partial charge in [-0.25, -0.2) is 0 Å². The Morgan fingerprint density at radius 1 is 1.42 bits per heavy atom. The minimum atomic E-state index is 0.928. The van der Waals surface area contributed by atoms with Crippen LogP contribution in [-0.4, -0.2) is 25.6 Å². The molecule has 0 aromatic carbocycles. The van der Waals surface area contributed by atoms with Crippen LogP contribution >= 0.6 is 0 Å². The molecule has 0 radical (unpaired) electrons. The second-order valence-electron chi connectivity index (χ2n) is 3.14. The van der Waals surface area contributed by atoms with E-state index in [1.807, 2.05) is 0 Å². The van der Waals surface area contributed by atoms with E-state index in [0.717, 1.165) is 25.6 Å². The lowest BCUT2D eigenvalue weighted by molar-refractivity contribution is 0.651. The van der Waals surface area contributed by atoms with Crippen LogP contribution < -0.4 is 10.6 Å². The molecule has 0 unspecified atom stereocenters. The first-order valence-corrected chi connectivity index (χ1v) is 4.95. The van der Waals surface area contributed by atoms with Gasteiger partial charge in [0.2, 0.25) is 0 Å². The molecule has 0 saturated carbocycles. The summed E-state index contributed by atoms with van der Waals surface area (Å²) < 4.78 is 0. The zero-order valence-electron chi connectivity index (χ0n) is 7.90. The third kappa shape index (κ3) is 3.60.